The molecule has 0 unspecified atom stereocenters. The number of nitrogens with zero attached hydrogens (tertiary/aromatic N) is 1. The lowest BCUT2D eigenvalue weighted by molar-refractivity contribution is 0.620. The van der Waals surface area contributed by atoms with Crippen LogP contribution in [0.2, 0.25) is 10.0 Å². The van der Waals surface area contributed by atoms with Gasteiger partial charge in [0.05, 0.1) is 5.02 Å². The molecule has 0 amide bonds. The van der Waals surface area contributed by atoms with Crippen LogP contribution in [0.4, 0.5) is 0 Å². The Morgan fingerprint density at radius 1 is 1.05 bits per heavy atom. The Morgan fingerprint density at radius 3 is 2.40 bits per heavy atom. The minimum atomic E-state index is 0.477. The summed E-state index contributed by atoms with van der Waals surface area (Å²) in [5, 5.41) is 1.03. The van der Waals surface area contributed by atoms with Crippen molar-refractivity contribution in [2.75, 3.05) is 0 Å². The van der Waals surface area contributed by atoms with Gasteiger partial charge in [-0.3, -0.25) is 0 Å². The molecule has 2 aromatic carbocycles. The van der Waals surface area contributed by atoms with E-state index in [1.54, 1.807) is 12.1 Å². The largest absolute Gasteiger partial charge is 0.435 e. The zero-order valence-corrected chi connectivity index (χ0v) is 12.7. The van der Waals surface area contributed by atoms with Crippen LogP contribution in [0, 0.1) is 0 Å². The molecular weight excluding hydrogens is 293 g/mol. The molecule has 1 aromatic heterocycles. The van der Waals surface area contributed by atoms with E-state index in [2.05, 4.69) is 31.0 Å². The minimum absolute atomic E-state index is 0.477. The lowest BCUT2D eigenvalue weighted by atomic mass is 10.0. The zero-order valence-electron chi connectivity index (χ0n) is 11.2. The van der Waals surface area contributed by atoms with E-state index in [4.69, 9.17) is 27.6 Å². The summed E-state index contributed by atoms with van der Waals surface area (Å²) < 4.78 is 5.74. The van der Waals surface area contributed by atoms with Gasteiger partial charge in [-0.1, -0.05) is 49.2 Å². The molecule has 0 aliphatic carbocycles. The first-order valence-corrected chi connectivity index (χ1v) is 7.16. The van der Waals surface area contributed by atoms with E-state index < -0.39 is 0 Å². The molecule has 0 radical (unpaired) electrons. The summed E-state index contributed by atoms with van der Waals surface area (Å²) in [6.07, 6.45) is 0. The van der Waals surface area contributed by atoms with Crippen LogP contribution in [0.25, 0.3) is 22.6 Å². The van der Waals surface area contributed by atoms with Gasteiger partial charge in [-0.2, -0.15) is 0 Å². The molecule has 3 rings (SSSR count). The number of benzene rings is 2. The molecule has 0 N–H and O–H groups in total. The molecule has 0 aliphatic rings. The Balaban J connectivity index is 2.08. The molecule has 0 saturated heterocycles. The molecule has 0 aliphatic heterocycles. The molecule has 2 nitrogen and oxygen atoms in total. The molecule has 0 bridgehead atoms. The van der Waals surface area contributed by atoms with Crippen molar-refractivity contribution in [2.45, 2.75) is 19.8 Å². The van der Waals surface area contributed by atoms with Gasteiger partial charge in [0.15, 0.2) is 5.58 Å². The number of halogens is 2. The quantitative estimate of drug-likeness (QED) is 0.587. The van der Waals surface area contributed by atoms with Crippen LogP contribution in [-0.4, -0.2) is 4.98 Å². The Bertz CT molecular complexity index is 760. The van der Waals surface area contributed by atoms with Gasteiger partial charge in [-0.25, -0.2) is 4.98 Å². The van der Waals surface area contributed by atoms with Crippen molar-refractivity contribution in [2.24, 2.45) is 0 Å². The van der Waals surface area contributed by atoms with E-state index in [0.717, 1.165) is 5.56 Å². The van der Waals surface area contributed by atoms with Crippen molar-refractivity contribution in [1.82, 2.24) is 4.98 Å². The number of hydrogen-bond donors (Lipinski definition) is 0. The van der Waals surface area contributed by atoms with Gasteiger partial charge in [0.25, 0.3) is 0 Å². The fourth-order valence-corrected chi connectivity index (χ4v) is 2.62. The van der Waals surface area contributed by atoms with E-state index >= 15 is 0 Å². The normalized spacial score (nSPS) is 11.4. The van der Waals surface area contributed by atoms with Gasteiger partial charge in [0.2, 0.25) is 5.89 Å². The highest BCUT2D eigenvalue weighted by atomic mass is 35.5. The van der Waals surface area contributed by atoms with Crippen molar-refractivity contribution in [3.05, 3.63) is 52.0 Å². The molecule has 102 valence electrons. The molecular formula is C16H13Cl2NO. The number of oxazole rings is 1. The summed E-state index contributed by atoms with van der Waals surface area (Å²) in [5.41, 5.74) is 3.45. The van der Waals surface area contributed by atoms with E-state index in [9.17, 15) is 0 Å². The Morgan fingerprint density at radius 2 is 1.75 bits per heavy atom. The first-order valence-electron chi connectivity index (χ1n) is 6.40. The summed E-state index contributed by atoms with van der Waals surface area (Å²) in [5.74, 6) is 1.06. The number of hydrogen-bond acceptors (Lipinski definition) is 2. The van der Waals surface area contributed by atoms with Gasteiger partial charge in [0.1, 0.15) is 5.52 Å². The third-order valence-electron chi connectivity index (χ3n) is 3.23. The van der Waals surface area contributed by atoms with Gasteiger partial charge < -0.3 is 4.42 Å². The highest BCUT2D eigenvalue weighted by Gasteiger charge is 2.12. The number of fused-ring (bicyclic) bond motifs is 1. The van der Waals surface area contributed by atoms with Crippen molar-refractivity contribution < 1.29 is 4.42 Å². The van der Waals surface area contributed by atoms with Crippen molar-refractivity contribution in [3.8, 4) is 11.5 Å². The molecule has 0 atom stereocenters. The van der Waals surface area contributed by atoms with Crippen LogP contribution in [0.5, 0.6) is 0 Å². The number of aromatic nitrogens is 1. The molecule has 4 heteroatoms. The molecule has 3 aromatic rings. The maximum atomic E-state index is 6.11. The zero-order chi connectivity index (χ0) is 14.3. The highest BCUT2D eigenvalue weighted by Crippen LogP contribution is 2.32. The van der Waals surface area contributed by atoms with E-state index in [1.807, 2.05) is 12.1 Å². The average molecular weight is 306 g/mol. The van der Waals surface area contributed by atoms with Crippen molar-refractivity contribution >= 4 is 34.3 Å². The SMILES string of the molecule is CC(C)c1ccc(-c2nc3cc(Cl)cc(Cl)c3o2)cc1. The van der Waals surface area contributed by atoms with Gasteiger partial charge in [0, 0.05) is 10.6 Å². The smallest absolute Gasteiger partial charge is 0.227 e. The highest BCUT2D eigenvalue weighted by molar-refractivity contribution is 6.38. The minimum Gasteiger partial charge on any atom is -0.435 e. The predicted octanol–water partition coefficient (Wildman–Crippen LogP) is 5.93. The first-order chi connectivity index (χ1) is 9.54. The average Bonchev–Trinajstić information content (AvgIpc) is 2.83. The molecule has 0 spiro atoms. The monoisotopic (exact) mass is 305 g/mol. The van der Waals surface area contributed by atoms with Crippen molar-refractivity contribution in [3.63, 3.8) is 0 Å². The second kappa shape index (κ2) is 5.12. The van der Waals surface area contributed by atoms with Crippen LogP contribution in [0.3, 0.4) is 0 Å². The third-order valence-corrected chi connectivity index (χ3v) is 3.73. The van der Waals surface area contributed by atoms with Gasteiger partial charge in [-0.05, 0) is 35.7 Å². The van der Waals surface area contributed by atoms with Crippen molar-refractivity contribution in [1.29, 1.82) is 0 Å². The number of rotatable bonds is 2. The standard InChI is InChI=1S/C16H13Cl2NO/c1-9(2)10-3-5-11(6-4-10)16-19-14-8-12(17)7-13(18)15(14)20-16/h3-9H,1-2H3. The summed E-state index contributed by atoms with van der Waals surface area (Å²) >= 11 is 12.1. The van der Waals surface area contributed by atoms with Crippen LogP contribution >= 0.6 is 23.2 Å². The molecule has 0 saturated carbocycles. The Kier molecular flexibility index (Phi) is 3.45. The van der Waals surface area contributed by atoms with E-state index in [0.29, 0.717) is 33.0 Å². The lowest BCUT2D eigenvalue weighted by Crippen LogP contribution is -1.86. The summed E-state index contributed by atoms with van der Waals surface area (Å²) in [7, 11) is 0. The fraction of sp³-hybridized carbons (Fsp3) is 0.188. The van der Waals surface area contributed by atoms with Crippen LogP contribution in [-0.2, 0) is 0 Å². The molecule has 0 fully saturated rings. The van der Waals surface area contributed by atoms with Gasteiger partial charge >= 0.3 is 0 Å². The second-order valence-corrected chi connectivity index (χ2v) is 5.88. The lowest BCUT2D eigenvalue weighted by Gasteiger charge is -2.04. The molecule has 1 heterocycles. The van der Waals surface area contributed by atoms with Crippen LogP contribution in [0.15, 0.2) is 40.8 Å². The predicted molar refractivity (Wildman–Crippen MR) is 83.6 cm³/mol. The van der Waals surface area contributed by atoms with Crippen LogP contribution in [0.1, 0.15) is 25.3 Å². The first kappa shape index (κ1) is 13.5. The third kappa shape index (κ3) is 2.41. The maximum Gasteiger partial charge on any atom is 0.227 e. The fourth-order valence-electron chi connectivity index (χ4n) is 2.09. The maximum absolute atomic E-state index is 6.11. The summed E-state index contributed by atoms with van der Waals surface area (Å²) in [6, 6.07) is 11.6. The van der Waals surface area contributed by atoms with Crippen LogP contribution < -0.4 is 0 Å². The summed E-state index contributed by atoms with van der Waals surface area (Å²) in [4.78, 5) is 4.44. The second-order valence-electron chi connectivity index (χ2n) is 5.03. The Labute approximate surface area is 127 Å². The summed E-state index contributed by atoms with van der Waals surface area (Å²) in [6.45, 7) is 4.33. The molecule has 20 heavy (non-hydrogen) atoms. The Hall–Kier alpha value is -1.51. The van der Waals surface area contributed by atoms with Gasteiger partial charge in [-0.15, -0.1) is 0 Å². The van der Waals surface area contributed by atoms with E-state index in [1.165, 1.54) is 5.56 Å². The topological polar surface area (TPSA) is 26.0 Å². The van der Waals surface area contributed by atoms with E-state index in [-0.39, 0.29) is 0 Å².